The lowest BCUT2D eigenvalue weighted by Crippen LogP contribution is -2.36. The van der Waals surface area contributed by atoms with Crippen LogP contribution in [0, 0.1) is 13.8 Å². The first-order valence-electron chi connectivity index (χ1n) is 10.0. The summed E-state index contributed by atoms with van der Waals surface area (Å²) in [7, 11) is 6.74. The average molecular weight is 430 g/mol. The third kappa shape index (κ3) is 3.55. The Balaban J connectivity index is 1.88. The topological polar surface area (TPSA) is 55.5 Å². The molecule has 0 aromatic carbocycles. The van der Waals surface area contributed by atoms with Gasteiger partial charge in [0.25, 0.3) is 0 Å². The Labute approximate surface area is 181 Å². The molecule has 9 heteroatoms. The van der Waals surface area contributed by atoms with E-state index in [9.17, 15) is 0 Å². The fraction of sp³-hybridized carbons (Fsp3) is 0.550. The molecule has 4 rings (SSSR count). The molecule has 1 aliphatic rings. The maximum absolute atomic E-state index is 6.74. The van der Waals surface area contributed by atoms with Gasteiger partial charge in [0.15, 0.2) is 10.8 Å². The summed E-state index contributed by atoms with van der Waals surface area (Å²) in [5.74, 6) is 0. The van der Waals surface area contributed by atoms with Gasteiger partial charge in [0.1, 0.15) is 5.15 Å². The number of hydrogen-bond donors (Lipinski definition) is 0. The van der Waals surface area contributed by atoms with Crippen LogP contribution in [0.5, 0.6) is 0 Å². The first kappa shape index (κ1) is 20.6. The second-order valence-electron chi connectivity index (χ2n) is 7.56. The van der Waals surface area contributed by atoms with E-state index in [0.29, 0.717) is 18.4 Å². The summed E-state index contributed by atoms with van der Waals surface area (Å²) >= 11 is 8.19. The monoisotopic (exact) mass is 429 g/mol. The number of hydrogen-bond acceptors (Lipinski definition) is 6. The number of fused-ring (bicyclic) bond motifs is 1. The molecule has 0 amide bonds. The van der Waals surface area contributed by atoms with Crippen LogP contribution in [-0.2, 0) is 10.1 Å². The lowest BCUT2D eigenvalue weighted by molar-refractivity contribution is 0.122. The van der Waals surface area contributed by atoms with E-state index in [1.807, 2.05) is 24.4 Å². The standard InChI is InChI=1S/C20H25BClN5OS/c1-5-20(21,6-2)14-11-12(3)23-18-15(13(4)25-27(14)18)16-17(22)24-19(29-16)26-7-9-28-10-8-26/h11H,5-10H2,1-4H3. The fourth-order valence-corrected chi connectivity index (χ4v) is 5.25. The molecule has 6 nitrogen and oxygen atoms in total. The molecule has 152 valence electrons. The van der Waals surface area contributed by atoms with Crippen LogP contribution in [0.25, 0.3) is 16.1 Å². The van der Waals surface area contributed by atoms with Crippen molar-refractivity contribution < 1.29 is 4.74 Å². The summed E-state index contributed by atoms with van der Waals surface area (Å²) in [5, 5.41) is 5.76. The number of morpholine rings is 1. The summed E-state index contributed by atoms with van der Waals surface area (Å²) in [4.78, 5) is 12.6. The Morgan fingerprint density at radius 1 is 1.21 bits per heavy atom. The summed E-state index contributed by atoms with van der Waals surface area (Å²) in [6, 6.07) is 2.05. The highest BCUT2D eigenvalue weighted by molar-refractivity contribution is 7.19. The SMILES string of the molecule is [B]C(CC)(CC)c1cc(C)nc2c(-c3sc(N4CCOCC4)nc3Cl)c(C)nn12. The van der Waals surface area contributed by atoms with Crippen LogP contribution in [0.2, 0.25) is 5.15 Å². The van der Waals surface area contributed by atoms with E-state index in [1.165, 1.54) is 0 Å². The smallest absolute Gasteiger partial charge is 0.187 e. The molecule has 1 fully saturated rings. The molecule has 29 heavy (non-hydrogen) atoms. The molecule has 0 N–H and O–H groups in total. The van der Waals surface area contributed by atoms with Crippen molar-refractivity contribution in [3.05, 3.63) is 28.3 Å². The molecule has 1 aliphatic heterocycles. The molecular weight excluding hydrogens is 405 g/mol. The van der Waals surface area contributed by atoms with Gasteiger partial charge in [-0.3, -0.25) is 0 Å². The molecular formula is C20H25BClN5OS. The number of aryl methyl sites for hydroxylation is 2. The molecule has 0 bridgehead atoms. The van der Waals surface area contributed by atoms with Gasteiger partial charge < -0.3 is 9.64 Å². The van der Waals surface area contributed by atoms with Crippen molar-refractivity contribution in [3.8, 4) is 10.4 Å². The normalized spacial score (nSPS) is 15.4. The maximum Gasteiger partial charge on any atom is 0.187 e. The first-order valence-corrected chi connectivity index (χ1v) is 11.2. The van der Waals surface area contributed by atoms with E-state index in [2.05, 4.69) is 23.7 Å². The molecule has 2 radical (unpaired) electrons. The van der Waals surface area contributed by atoms with Crippen LogP contribution in [-0.4, -0.2) is 53.7 Å². The van der Waals surface area contributed by atoms with Crippen LogP contribution in [0.15, 0.2) is 6.07 Å². The van der Waals surface area contributed by atoms with Crippen molar-refractivity contribution >= 4 is 41.6 Å². The predicted molar refractivity (Wildman–Crippen MR) is 120 cm³/mol. The van der Waals surface area contributed by atoms with Crippen molar-refractivity contribution in [1.29, 1.82) is 0 Å². The lowest BCUT2D eigenvalue weighted by atomic mass is 9.62. The van der Waals surface area contributed by atoms with Crippen LogP contribution in [0.1, 0.15) is 43.8 Å². The van der Waals surface area contributed by atoms with Crippen molar-refractivity contribution in [2.75, 3.05) is 31.2 Å². The number of thiazole rings is 1. The molecule has 0 aliphatic carbocycles. The Kier molecular flexibility index (Phi) is 5.61. The average Bonchev–Trinajstić information content (AvgIpc) is 3.26. The quantitative estimate of drug-likeness (QED) is 0.570. The molecule has 1 saturated heterocycles. The zero-order valence-corrected chi connectivity index (χ0v) is 18.9. The summed E-state index contributed by atoms with van der Waals surface area (Å²) in [5.41, 5.74) is 4.49. The van der Waals surface area contributed by atoms with Gasteiger partial charge in [-0.05, 0) is 25.2 Å². The minimum absolute atomic E-state index is 0.460. The number of nitrogens with zero attached hydrogens (tertiary/aromatic N) is 5. The van der Waals surface area contributed by atoms with Gasteiger partial charge in [0, 0.05) is 24.5 Å². The van der Waals surface area contributed by atoms with E-state index in [0.717, 1.165) is 64.2 Å². The van der Waals surface area contributed by atoms with E-state index >= 15 is 0 Å². The Hall–Kier alpha value is -1.64. The minimum Gasteiger partial charge on any atom is -0.378 e. The molecule has 0 spiro atoms. The summed E-state index contributed by atoms with van der Waals surface area (Å²) in [6.45, 7) is 11.3. The molecule has 4 heterocycles. The first-order chi connectivity index (χ1) is 13.9. The van der Waals surface area contributed by atoms with Crippen molar-refractivity contribution in [3.63, 3.8) is 0 Å². The highest BCUT2D eigenvalue weighted by Gasteiger charge is 2.29. The van der Waals surface area contributed by atoms with E-state index < -0.39 is 5.31 Å². The van der Waals surface area contributed by atoms with Crippen LogP contribution in [0.4, 0.5) is 5.13 Å². The van der Waals surface area contributed by atoms with Crippen LogP contribution in [0.3, 0.4) is 0 Å². The highest BCUT2D eigenvalue weighted by Crippen LogP contribution is 2.42. The third-order valence-electron chi connectivity index (χ3n) is 5.75. The number of anilines is 1. The van der Waals surface area contributed by atoms with E-state index in [-0.39, 0.29) is 0 Å². The second kappa shape index (κ2) is 7.89. The maximum atomic E-state index is 6.74. The third-order valence-corrected chi connectivity index (χ3v) is 7.27. The Morgan fingerprint density at radius 2 is 1.90 bits per heavy atom. The van der Waals surface area contributed by atoms with Gasteiger partial charge in [-0.25, -0.2) is 14.5 Å². The van der Waals surface area contributed by atoms with Crippen LogP contribution >= 0.6 is 22.9 Å². The van der Waals surface area contributed by atoms with Gasteiger partial charge in [0.2, 0.25) is 0 Å². The fourth-order valence-electron chi connectivity index (χ4n) is 3.81. The Bertz CT molecular complexity index is 1040. The molecule has 0 saturated carbocycles. The van der Waals surface area contributed by atoms with Gasteiger partial charge in [0.05, 0.1) is 37.2 Å². The number of ether oxygens (including phenoxy) is 1. The van der Waals surface area contributed by atoms with E-state index in [4.69, 9.17) is 34.3 Å². The van der Waals surface area contributed by atoms with Crippen molar-refractivity contribution in [2.45, 2.75) is 45.9 Å². The van der Waals surface area contributed by atoms with Gasteiger partial charge in [-0.2, -0.15) is 5.10 Å². The number of rotatable bonds is 5. The largest absolute Gasteiger partial charge is 0.378 e. The van der Waals surface area contributed by atoms with E-state index in [1.54, 1.807) is 11.3 Å². The molecule has 3 aromatic rings. The van der Waals surface area contributed by atoms with Gasteiger partial charge in [-0.1, -0.05) is 49.6 Å². The summed E-state index contributed by atoms with van der Waals surface area (Å²) < 4.78 is 7.35. The second-order valence-corrected chi connectivity index (χ2v) is 8.89. The van der Waals surface area contributed by atoms with Crippen molar-refractivity contribution in [1.82, 2.24) is 19.6 Å². The van der Waals surface area contributed by atoms with Gasteiger partial charge >= 0.3 is 0 Å². The zero-order chi connectivity index (χ0) is 20.8. The molecule has 0 unspecified atom stereocenters. The number of halogens is 1. The van der Waals surface area contributed by atoms with Crippen LogP contribution < -0.4 is 4.90 Å². The highest BCUT2D eigenvalue weighted by atomic mass is 35.5. The zero-order valence-electron chi connectivity index (χ0n) is 17.3. The van der Waals surface area contributed by atoms with Crippen molar-refractivity contribution in [2.24, 2.45) is 0 Å². The van der Waals surface area contributed by atoms with Gasteiger partial charge in [-0.15, -0.1) is 0 Å². The molecule has 0 atom stereocenters. The summed E-state index contributed by atoms with van der Waals surface area (Å²) in [6.07, 6.45) is 1.64. The Morgan fingerprint density at radius 3 is 2.55 bits per heavy atom. The number of aromatic nitrogens is 4. The minimum atomic E-state index is -0.460. The molecule has 3 aromatic heterocycles. The predicted octanol–water partition coefficient (Wildman–Crippen LogP) is 4.14. The lowest BCUT2D eigenvalue weighted by Gasteiger charge is -2.28.